The van der Waals surface area contributed by atoms with Crippen LogP contribution in [0.25, 0.3) is 0 Å². The van der Waals surface area contributed by atoms with Gasteiger partial charge in [0.05, 0.1) is 10.6 Å². The first-order valence-electron chi connectivity index (χ1n) is 14.6. The first-order chi connectivity index (χ1) is 21.1. The van der Waals surface area contributed by atoms with E-state index in [0.717, 1.165) is 38.7 Å². The Morgan fingerprint density at radius 1 is 0.795 bits per heavy atom. The van der Waals surface area contributed by atoms with Gasteiger partial charge in [-0.15, -0.1) is 0 Å². The van der Waals surface area contributed by atoms with E-state index in [9.17, 15) is 22.4 Å². The van der Waals surface area contributed by atoms with Crippen LogP contribution in [0.3, 0.4) is 0 Å². The summed E-state index contributed by atoms with van der Waals surface area (Å²) >= 11 is 0. The molecule has 0 unspecified atom stereocenters. The Balaban J connectivity index is 1.78. The summed E-state index contributed by atoms with van der Waals surface area (Å²) < 4.78 is 42.9. The molecule has 0 aliphatic rings. The zero-order valence-corrected chi connectivity index (χ0v) is 26.1. The van der Waals surface area contributed by atoms with Gasteiger partial charge in [-0.05, 0) is 67.8 Å². The van der Waals surface area contributed by atoms with Gasteiger partial charge >= 0.3 is 0 Å². The summed E-state index contributed by atoms with van der Waals surface area (Å²) in [5, 5.41) is 2.93. The summed E-state index contributed by atoms with van der Waals surface area (Å²) in [7, 11) is -4.25. The van der Waals surface area contributed by atoms with Gasteiger partial charge in [-0.25, -0.2) is 12.8 Å². The molecule has 4 aromatic carbocycles. The number of sulfonamides is 1. The van der Waals surface area contributed by atoms with E-state index >= 15 is 0 Å². The highest BCUT2D eigenvalue weighted by Crippen LogP contribution is 2.26. The van der Waals surface area contributed by atoms with Crippen molar-refractivity contribution in [2.75, 3.05) is 17.4 Å². The molecule has 0 saturated carbocycles. The average molecular weight is 616 g/mol. The molecule has 4 aromatic rings. The van der Waals surface area contributed by atoms with Gasteiger partial charge in [0.25, 0.3) is 10.0 Å². The summed E-state index contributed by atoms with van der Waals surface area (Å²) in [4.78, 5) is 29.5. The number of benzene rings is 4. The smallest absolute Gasteiger partial charge is 0.264 e. The minimum absolute atomic E-state index is 0.00756. The lowest BCUT2D eigenvalue weighted by atomic mass is 10.0. The van der Waals surface area contributed by atoms with Gasteiger partial charge in [-0.1, -0.05) is 84.8 Å². The first-order valence-corrected chi connectivity index (χ1v) is 16.0. The summed E-state index contributed by atoms with van der Waals surface area (Å²) in [5.74, 6) is -1.44. The molecule has 230 valence electrons. The number of carbonyl (C=O) groups is 2. The van der Waals surface area contributed by atoms with Gasteiger partial charge in [0.1, 0.15) is 18.4 Å². The Kier molecular flexibility index (Phi) is 10.9. The number of aryl methyl sites for hydroxylation is 2. The van der Waals surface area contributed by atoms with Crippen LogP contribution in [0.15, 0.2) is 108 Å². The van der Waals surface area contributed by atoms with Crippen molar-refractivity contribution in [3.63, 3.8) is 0 Å². The minimum atomic E-state index is -4.25. The number of anilines is 1. The van der Waals surface area contributed by atoms with Gasteiger partial charge in [-0.3, -0.25) is 13.9 Å². The lowest BCUT2D eigenvalue weighted by molar-refractivity contribution is -0.140. The van der Waals surface area contributed by atoms with E-state index in [-0.39, 0.29) is 29.5 Å². The Labute approximate surface area is 259 Å². The molecule has 7 nitrogen and oxygen atoms in total. The van der Waals surface area contributed by atoms with Gasteiger partial charge in [0.2, 0.25) is 11.8 Å². The Bertz CT molecular complexity index is 1640. The van der Waals surface area contributed by atoms with E-state index < -0.39 is 34.3 Å². The third-order valence-electron chi connectivity index (χ3n) is 7.30. The lowest BCUT2D eigenvalue weighted by Crippen LogP contribution is -2.53. The molecule has 0 bridgehead atoms. The van der Waals surface area contributed by atoms with Crippen molar-refractivity contribution in [2.24, 2.45) is 0 Å². The van der Waals surface area contributed by atoms with Crippen LogP contribution in [0.1, 0.15) is 35.6 Å². The second-order valence-corrected chi connectivity index (χ2v) is 12.7. The Morgan fingerprint density at radius 2 is 1.39 bits per heavy atom. The van der Waals surface area contributed by atoms with Gasteiger partial charge in [-0.2, -0.15) is 0 Å². The molecule has 4 rings (SSSR count). The number of nitrogens with zero attached hydrogens (tertiary/aromatic N) is 2. The van der Waals surface area contributed by atoms with Crippen LogP contribution in [0.5, 0.6) is 0 Å². The third-order valence-corrected chi connectivity index (χ3v) is 9.08. The van der Waals surface area contributed by atoms with Crippen molar-refractivity contribution in [1.82, 2.24) is 10.2 Å². The number of halogens is 1. The molecule has 0 aliphatic heterocycles. The highest BCUT2D eigenvalue weighted by atomic mass is 32.2. The van der Waals surface area contributed by atoms with Crippen LogP contribution in [0.2, 0.25) is 0 Å². The fourth-order valence-electron chi connectivity index (χ4n) is 4.78. The van der Waals surface area contributed by atoms with Crippen molar-refractivity contribution in [1.29, 1.82) is 0 Å². The predicted molar refractivity (Wildman–Crippen MR) is 171 cm³/mol. The summed E-state index contributed by atoms with van der Waals surface area (Å²) in [6, 6.07) is 27.4. The highest BCUT2D eigenvalue weighted by molar-refractivity contribution is 7.92. The van der Waals surface area contributed by atoms with Crippen molar-refractivity contribution >= 4 is 27.5 Å². The van der Waals surface area contributed by atoms with Gasteiger partial charge < -0.3 is 10.2 Å². The molecule has 0 radical (unpaired) electrons. The number of rotatable bonds is 13. The summed E-state index contributed by atoms with van der Waals surface area (Å²) in [6.07, 6.45) is 0.943. The topological polar surface area (TPSA) is 86.8 Å². The number of carbonyl (C=O) groups excluding carboxylic acids is 2. The Hall–Kier alpha value is -4.50. The normalized spacial score (nSPS) is 11.9. The molecular weight excluding hydrogens is 577 g/mol. The second kappa shape index (κ2) is 14.8. The van der Waals surface area contributed by atoms with Gasteiger partial charge in [0, 0.05) is 19.5 Å². The molecule has 0 saturated heterocycles. The molecule has 44 heavy (non-hydrogen) atoms. The molecule has 0 aliphatic carbocycles. The first kappa shape index (κ1) is 32.4. The quantitative estimate of drug-likeness (QED) is 0.206. The van der Waals surface area contributed by atoms with Crippen LogP contribution < -0.4 is 9.62 Å². The lowest BCUT2D eigenvalue weighted by Gasteiger charge is -2.34. The standard InChI is InChI=1S/C35H38FN3O4S/c1-4-22-37-35(41)33(23-28-8-6-5-7-9-28)38(24-29-14-10-26(2)11-15-29)34(40)25-39(31-18-16-30(36)17-19-31)44(42,43)32-20-12-27(3)13-21-32/h5-21,33H,4,22-25H2,1-3H3,(H,37,41)/t33-/m0/s1. The number of hydrogen-bond donors (Lipinski definition) is 1. The Morgan fingerprint density at radius 3 is 1.98 bits per heavy atom. The summed E-state index contributed by atoms with van der Waals surface area (Å²) in [6.45, 7) is 5.66. The maximum absolute atomic E-state index is 14.4. The second-order valence-electron chi connectivity index (χ2n) is 10.8. The number of amides is 2. The molecule has 0 aromatic heterocycles. The van der Waals surface area contributed by atoms with E-state index in [0.29, 0.717) is 13.0 Å². The fourth-order valence-corrected chi connectivity index (χ4v) is 6.20. The zero-order chi connectivity index (χ0) is 31.7. The summed E-state index contributed by atoms with van der Waals surface area (Å²) in [5.41, 5.74) is 3.69. The molecule has 0 fully saturated rings. The SMILES string of the molecule is CCCNC(=O)[C@H](Cc1ccccc1)N(Cc1ccc(C)cc1)C(=O)CN(c1ccc(F)cc1)S(=O)(=O)c1ccc(C)cc1. The van der Waals surface area contributed by atoms with E-state index in [1.54, 1.807) is 12.1 Å². The minimum Gasteiger partial charge on any atom is -0.354 e. The van der Waals surface area contributed by atoms with Crippen molar-refractivity contribution < 1.29 is 22.4 Å². The van der Waals surface area contributed by atoms with Crippen LogP contribution >= 0.6 is 0 Å². The number of hydrogen-bond acceptors (Lipinski definition) is 4. The van der Waals surface area contributed by atoms with Crippen LogP contribution in [0, 0.1) is 19.7 Å². The zero-order valence-electron chi connectivity index (χ0n) is 25.2. The molecule has 0 heterocycles. The van der Waals surface area contributed by atoms with E-state index in [1.165, 1.54) is 29.2 Å². The average Bonchev–Trinajstić information content (AvgIpc) is 3.02. The molecule has 2 amide bonds. The molecule has 1 atom stereocenters. The molecule has 0 spiro atoms. The third kappa shape index (κ3) is 8.32. The molecule has 1 N–H and O–H groups in total. The van der Waals surface area contributed by atoms with E-state index in [1.807, 2.05) is 75.4 Å². The van der Waals surface area contributed by atoms with Gasteiger partial charge in [0.15, 0.2) is 0 Å². The number of nitrogens with one attached hydrogen (secondary N) is 1. The van der Waals surface area contributed by atoms with Crippen molar-refractivity contribution in [2.45, 2.75) is 51.1 Å². The highest BCUT2D eigenvalue weighted by Gasteiger charge is 2.34. The van der Waals surface area contributed by atoms with Crippen molar-refractivity contribution in [3.05, 3.63) is 131 Å². The van der Waals surface area contributed by atoms with Crippen LogP contribution in [-0.4, -0.2) is 44.3 Å². The fraction of sp³-hybridized carbons (Fsp3) is 0.257. The molecule has 9 heteroatoms. The largest absolute Gasteiger partial charge is 0.354 e. The molecular formula is C35H38FN3O4S. The monoisotopic (exact) mass is 615 g/mol. The van der Waals surface area contributed by atoms with Crippen LogP contribution in [0.4, 0.5) is 10.1 Å². The predicted octanol–water partition coefficient (Wildman–Crippen LogP) is 5.80. The maximum Gasteiger partial charge on any atom is 0.264 e. The van der Waals surface area contributed by atoms with Crippen LogP contribution in [-0.2, 0) is 32.6 Å². The maximum atomic E-state index is 14.4. The van der Waals surface area contributed by atoms with E-state index in [4.69, 9.17) is 0 Å². The van der Waals surface area contributed by atoms with E-state index in [2.05, 4.69) is 5.32 Å². The van der Waals surface area contributed by atoms with Crippen molar-refractivity contribution in [3.8, 4) is 0 Å².